The van der Waals surface area contributed by atoms with Gasteiger partial charge >= 0.3 is 0 Å². The molecule has 3 heterocycles. The van der Waals surface area contributed by atoms with Gasteiger partial charge in [0.05, 0.1) is 11.9 Å². The van der Waals surface area contributed by atoms with E-state index in [0.717, 1.165) is 59.4 Å². The fourth-order valence-corrected chi connectivity index (χ4v) is 3.25. The first-order valence-corrected chi connectivity index (χ1v) is 10.3. The van der Waals surface area contributed by atoms with Crippen molar-refractivity contribution >= 4 is 21.6 Å². The van der Waals surface area contributed by atoms with Crippen LogP contribution < -0.4 is 4.72 Å². The second-order valence-corrected chi connectivity index (χ2v) is 8.15. The van der Waals surface area contributed by atoms with Gasteiger partial charge in [-0.2, -0.15) is 0 Å². The topological polar surface area (TPSA) is 102 Å². The molecule has 0 amide bonds. The molecule has 3 aromatic rings. The lowest BCUT2D eigenvalue weighted by atomic mass is 10.0. The first-order chi connectivity index (χ1) is 12.3. The lowest BCUT2D eigenvalue weighted by molar-refractivity contribution is 0.606. The maximum absolute atomic E-state index is 11.5. The summed E-state index contributed by atoms with van der Waals surface area (Å²) in [6, 6.07) is 1.99. The minimum atomic E-state index is -3.45. The molecule has 8 nitrogen and oxygen atoms in total. The van der Waals surface area contributed by atoms with Crippen LogP contribution in [-0.2, 0) is 16.4 Å². The summed E-state index contributed by atoms with van der Waals surface area (Å²) in [5.41, 5.74) is 4.35. The number of anilines is 1. The molecule has 0 atom stereocenters. The Hall–Kier alpha value is -2.55. The third-order valence-corrected chi connectivity index (χ3v) is 4.63. The number of pyridine rings is 1. The van der Waals surface area contributed by atoms with Crippen LogP contribution in [0.25, 0.3) is 16.9 Å². The van der Waals surface area contributed by atoms with Gasteiger partial charge in [0.1, 0.15) is 5.82 Å². The molecule has 0 radical (unpaired) electrons. The van der Waals surface area contributed by atoms with Crippen molar-refractivity contribution in [3.05, 3.63) is 35.4 Å². The van der Waals surface area contributed by atoms with E-state index in [1.807, 2.05) is 30.5 Å². The van der Waals surface area contributed by atoms with Crippen molar-refractivity contribution in [1.29, 1.82) is 0 Å². The van der Waals surface area contributed by atoms with E-state index in [1.54, 1.807) is 6.20 Å². The number of nitrogens with one attached hydrogen (secondary N) is 1. The van der Waals surface area contributed by atoms with E-state index in [2.05, 4.69) is 31.8 Å². The van der Waals surface area contributed by atoms with Gasteiger partial charge in [0.25, 0.3) is 0 Å². The van der Waals surface area contributed by atoms with Gasteiger partial charge in [-0.1, -0.05) is 13.3 Å². The number of unbranched alkanes of at least 4 members (excludes halogenated alkanes) is 1. The van der Waals surface area contributed by atoms with Crippen molar-refractivity contribution in [3.8, 4) is 11.3 Å². The predicted molar refractivity (Wildman–Crippen MR) is 101 cm³/mol. The highest BCUT2D eigenvalue weighted by Crippen LogP contribution is 2.26. The molecule has 0 spiro atoms. The molecule has 0 bridgehead atoms. The molecule has 0 aliphatic heterocycles. The number of aromatic nitrogens is 5. The van der Waals surface area contributed by atoms with Gasteiger partial charge < -0.3 is 0 Å². The number of rotatable bonds is 6. The van der Waals surface area contributed by atoms with Crippen LogP contribution in [0, 0.1) is 13.8 Å². The zero-order valence-electron chi connectivity index (χ0n) is 15.3. The number of nitrogens with zero attached hydrogens (tertiary/aromatic N) is 5. The van der Waals surface area contributed by atoms with E-state index in [4.69, 9.17) is 0 Å². The summed E-state index contributed by atoms with van der Waals surface area (Å²) in [4.78, 5) is 8.65. The highest BCUT2D eigenvalue weighted by molar-refractivity contribution is 7.91. The molecule has 26 heavy (non-hydrogen) atoms. The predicted octanol–water partition coefficient (Wildman–Crippen LogP) is 2.52. The molecule has 138 valence electrons. The lowest BCUT2D eigenvalue weighted by Crippen LogP contribution is -2.13. The molecule has 0 aromatic carbocycles. The van der Waals surface area contributed by atoms with Crippen molar-refractivity contribution in [2.75, 3.05) is 11.0 Å². The maximum Gasteiger partial charge on any atom is 0.237 e. The third-order valence-electron chi connectivity index (χ3n) is 4.07. The fourth-order valence-electron chi connectivity index (χ4n) is 2.82. The largest absolute Gasteiger partial charge is 0.286 e. The van der Waals surface area contributed by atoms with E-state index in [0.29, 0.717) is 0 Å². The molecule has 0 aliphatic rings. The average Bonchev–Trinajstić information content (AvgIpc) is 2.94. The molecule has 0 saturated heterocycles. The number of sulfonamides is 1. The lowest BCUT2D eigenvalue weighted by Gasteiger charge is -2.12. The molecule has 3 rings (SSSR count). The van der Waals surface area contributed by atoms with Crippen molar-refractivity contribution in [1.82, 2.24) is 24.6 Å². The highest BCUT2D eigenvalue weighted by Gasteiger charge is 2.15. The second-order valence-electron chi connectivity index (χ2n) is 6.40. The van der Waals surface area contributed by atoms with E-state index in [1.165, 1.54) is 0 Å². The Morgan fingerprint density at radius 3 is 2.69 bits per heavy atom. The zero-order valence-corrected chi connectivity index (χ0v) is 16.1. The molecule has 0 aliphatic carbocycles. The van der Waals surface area contributed by atoms with Crippen LogP contribution in [0.15, 0.2) is 18.5 Å². The first kappa shape index (κ1) is 18.2. The monoisotopic (exact) mass is 374 g/mol. The van der Waals surface area contributed by atoms with Gasteiger partial charge in [0.15, 0.2) is 5.65 Å². The summed E-state index contributed by atoms with van der Waals surface area (Å²) in [5, 5.41) is 8.30. The summed E-state index contributed by atoms with van der Waals surface area (Å²) >= 11 is 0. The summed E-state index contributed by atoms with van der Waals surface area (Å²) in [6.07, 6.45) is 7.58. The minimum absolute atomic E-state index is 0.0703. The first-order valence-electron chi connectivity index (χ1n) is 8.44. The molecule has 1 N–H and O–H groups in total. The number of hydrogen-bond acceptors (Lipinski definition) is 6. The van der Waals surface area contributed by atoms with Crippen LogP contribution in [0.1, 0.15) is 36.7 Å². The Morgan fingerprint density at radius 1 is 1.23 bits per heavy atom. The van der Waals surface area contributed by atoms with Gasteiger partial charge in [-0.3, -0.25) is 9.12 Å². The van der Waals surface area contributed by atoms with Gasteiger partial charge in [-0.25, -0.2) is 18.4 Å². The van der Waals surface area contributed by atoms with Crippen LogP contribution in [0.5, 0.6) is 0 Å². The van der Waals surface area contributed by atoms with Crippen molar-refractivity contribution in [3.63, 3.8) is 0 Å². The maximum atomic E-state index is 11.5. The van der Waals surface area contributed by atoms with Gasteiger partial charge in [-0.05, 0) is 43.9 Å². The van der Waals surface area contributed by atoms with Crippen molar-refractivity contribution in [2.24, 2.45) is 0 Å². The van der Waals surface area contributed by atoms with Crippen LogP contribution in [0.4, 0.5) is 5.95 Å². The molecule has 0 unspecified atom stereocenters. The Morgan fingerprint density at radius 2 is 2.00 bits per heavy atom. The van der Waals surface area contributed by atoms with Crippen LogP contribution in [0.2, 0.25) is 0 Å². The summed E-state index contributed by atoms with van der Waals surface area (Å²) in [7, 11) is -3.45. The Labute approximate surface area is 152 Å². The normalized spacial score (nSPS) is 11.8. The van der Waals surface area contributed by atoms with E-state index < -0.39 is 10.0 Å². The molecule has 3 aromatic heterocycles. The minimum Gasteiger partial charge on any atom is -0.286 e. The van der Waals surface area contributed by atoms with E-state index in [9.17, 15) is 8.42 Å². The number of aryl methyl sites for hydroxylation is 3. The van der Waals surface area contributed by atoms with Gasteiger partial charge in [0.2, 0.25) is 16.0 Å². The summed E-state index contributed by atoms with van der Waals surface area (Å²) in [5.74, 6) is 0.851. The van der Waals surface area contributed by atoms with Crippen LogP contribution in [0.3, 0.4) is 0 Å². The number of hydrogen-bond donors (Lipinski definition) is 1. The smallest absolute Gasteiger partial charge is 0.237 e. The molecular formula is C17H22N6O2S. The van der Waals surface area contributed by atoms with E-state index >= 15 is 0 Å². The van der Waals surface area contributed by atoms with E-state index in [-0.39, 0.29) is 5.95 Å². The average molecular weight is 374 g/mol. The molecule has 0 fully saturated rings. The van der Waals surface area contributed by atoms with Crippen LogP contribution in [-0.4, -0.2) is 39.2 Å². The van der Waals surface area contributed by atoms with Crippen molar-refractivity contribution < 1.29 is 8.42 Å². The highest BCUT2D eigenvalue weighted by atomic mass is 32.2. The Kier molecular flexibility index (Phi) is 4.90. The standard InChI is InChI=1S/C17H22N6O2S/c1-5-6-7-13-9-18-17(22-26(4,24)25)19-15(13)14-8-11(2)16-21-20-12(3)23(16)10-14/h8-10H,5-7H2,1-4H3,(H,18,19,22). The molecule has 9 heteroatoms. The van der Waals surface area contributed by atoms with Crippen LogP contribution >= 0.6 is 0 Å². The fraction of sp³-hybridized carbons (Fsp3) is 0.412. The third kappa shape index (κ3) is 3.82. The molecular weight excluding hydrogens is 352 g/mol. The zero-order chi connectivity index (χ0) is 18.9. The molecule has 0 saturated carbocycles. The quantitative estimate of drug-likeness (QED) is 0.711. The second kappa shape index (κ2) is 6.99. The van der Waals surface area contributed by atoms with Gasteiger partial charge in [0, 0.05) is 18.0 Å². The SMILES string of the molecule is CCCCc1cnc(NS(C)(=O)=O)nc1-c1cc(C)c2nnc(C)n2c1. The van der Waals surface area contributed by atoms with Crippen molar-refractivity contribution in [2.45, 2.75) is 40.0 Å². The number of fused-ring (bicyclic) bond motifs is 1. The summed E-state index contributed by atoms with van der Waals surface area (Å²) < 4.78 is 27.3. The Bertz CT molecular complexity index is 1060. The van der Waals surface area contributed by atoms with Gasteiger partial charge in [-0.15, -0.1) is 10.2 Å². The Balaban J connectivity index is 2.16. The summed E-state index contributed by atoms with van der Waals surface area (Å²) in [6.45, 7) is 5.98.